The molecule has 0 amide bonds. The Labute approximate surface area is 109 Å². The molecule has 2 aromatic rings. The van der Waals surface area contributed by atoms with Crippen LogP contribution in [-0.2, 0) is 0 Å². The number of rotatable bonds is 3. The highest BCUT2D eigenvalue weighted by atomic mass is 35.5. The second-order valence-electron chi connectivity index (χ2n) is 2.58. The van der Waals surface area contributed by atoms with Gasteiger partial charge in [-0.05, 0) is 24.1 Å². The minimum absolute atomic E-state index is 0.258. The second kappa shape index (κ2) is 5.31. The van der Waals surface area contributed by atoms with Crippen molar-refractivity contribution < 1.29 is 4.39 Å². The van der Waals surface area contributed by atoms with E-state index in [1.54, 1.807) is 0 Å². The summed E-state index contributed by atoms with van der Waals surface area (Å²) in [5.41, 5.74) is 0. The SMILES string of the molecule is CSc1nnc(Sc2ncc(Cl)cc2F)s1. The van der Waals surface area contributed by atoms with Gasteiger partial charge in [0, 0.05) is 6.20 Å². The van der Waals surface area contributed by atoms with Gasteiger partial charge in [-0.3, -0.25) is 0 Å². The van der Waals surface area contributed by atoms with Crippen LogP contribution >= 0.6 is 46.5 Å². The number of pyridine rings is 1. The summed E-state index contributed by atoms with van der Waals surface area (Å²) in [6, 6.07) is 1.23. The molecule has 8 heteroatoms. The number of hydrogen-bond donors (Lipinski definition) is 0. The lowest BCUT2D eigenvalue weighted by molar-refractivity contribution is 0.588. The van der Waals surface area contributed by atoms with Crippen molar-refractivity contribution >= 4 is 46.5 Å². The van der Waals surface area contributed by atoms with Gasteiger partial charge < -0.3 is 0 Å². The highest BCUT2D eigenvalue weighted by Gasteiger charge is 2.10. The van der Waals surface area contributed by atoms with Gasteiger partial charge in [-0.2, -0.15) is 0 Å². The van der Waals surface area contributed by atoms with Crippen molar-refractivity contribution in [3.63, 3.8) is 0 Å². The number of hydrogen-bond acceptors (Lipinski definition) is 6. The van der Waals surface area contributed by atoms with Crippen LogP contribution < -0.4 is 0 Å². The van der Waals surface area contributed by atoms with E-state index in [1.165, 1.54) is 35.4 Å². The van der Waals surface area contributed by atoms with Crippen LogP contribution in [0.25, 0.3) is 0 Å². The summed E-state index contributed by atoms with van der Waals surface area (Å²) in [5, 5.41) is 8.37. The van der Waals surface area contributed by atoms with Gasteiger partial charge in [-0.1, -0.05) is 34.7 Å². The number of nitrogens with zero attached hydrogens (tertiary/aromatic N) is 3. The summed E-state index contributed by atoms with van der Waals surface area (Å²) in [4.78, 5) is 3.90. The summed E-state index contributed by atoms with van der Waals surface area (Å²) in [6.45, 7) is 0. The van der Waals surface area contributed by atoms with Gasteiger partial charge in [-0.15, -0.1) is 10.2 Å². The third kappa shape index (κ3) is 2.85. The molecule has 0 spiro atoms. The lowest BCUT2D eigenvalue weighted by Crippen LogP contribution is -1.85. The van der Waals surface area contributed by atoms with E-state index in [1.807, 2.05) is 6.26 Å². The first-order valence-corrected chi connectivity index (χ1v) is 7.29. The first-order valence-electron chi connectivity index (χ1n) is 4.05. The summed E-state index contributed by atoms with van der Waals surface area (Å²) in [6.07, 6.45) is 3.32. The highest BCUT2D eigenvalue weighted by Crippen LogP contribution is 2.33. The molecule has 0 fully saturated rings. The molecule has 0 aliphatic heterocycles. The van der Waals surface area contributed by atoms with Crippen LogP contribution in [0.5, 0.6) is 0 Å². The smallest absolute Gasteiger partial charge is 0.181 e. The molecule has 0 N–H and O–H groups in total. The summed E-state index contributed by atoms with van der Waals surface area (Å²) >= 11 is 9.66. The summed E-state index contributed by atoms with van der Waals surface area (Å²) < 4.78 is 14.9. The molecule has 0 unspecified atom stereocenters. The predicted molar refractivity (Wildman–Crippen MR) is 65.0 cm³/mol. The Morgan fingerprint density at radius 1 is 1.38 bits per heavy atom. The molecule has 0 saturated carbocycles. The van der Waals surface area contributed by atoms with E-state index in [9.17, 15) is 4.39 Å². The van der Waals surface area contributed by atoms with Crippen LogP contribution in [0.4, 0.5) is 4.39 Å². The standard InChI is InChI=1S/C8H5ClFN3S3/c1-14-7-12-13-8(16-7)15-6-5(10)2-4(9)3-11-6/h2-3H,1H3. The molecular weight excluding hydrogens is 289 g/mol. The van der Waals surface area contributed by atoms with E-state index in [2.05, 4.69) is 15.2 Å². The van der Waals surface area contributed by atoms with Crippen LogP contribution in [0.1, 0.15) is 0 Å². The van der Waals surface area contributed by atoms with E-state index >= 15 is 0 Å². The molecule has 84 valence electrons. The Morgan fingerprint density at radius 3 is 2.75 bits per heavy atom. The van der Waals surface area contributed by atoms with E-state index < -0.39 is 5.82 Å². The van der Waals surface area contributed by atoms with Gasteiger partial charge >= 0.3 is 0 Å². The van der Waals surface area contributed by atoms with Gasteiger partial charge in [0.1, 0.15) is 5.03 Å². The normalized spacial score (nSPS) is 10.7. The van der Waals surface area contributed by atoms with E-state index in [0.29, 0.717) is 4.34 Å². The average Bonchev–Trinajstić information content (AvgIpc) is 2.70. The largest absolute Gasteiger partial charge is 0.245 e. The molecule has 0 saturated heterocycles. The average molecular weight is 294 g/mol. The second-order valence-corrected chi connectivity index (χ2v) is 6.28. The van der Waals surface area contributed by atoms with Crippen molar-refractivity contribution in [2.45, 2.75) is 13.7 Å². The van der Waals surface area contributed by atoms with Crippen LogP contribution in [-0.4, -0.2) is 21.4 Å². The highest BCUT2D eigenvalue weighted by molar-refractivity contribution is 8.02. The number of thioether (sulfide) groups is 1. The van der Waals surface area contributed by atoms with Crippen molar-refractivity contribution in [3.05, 3.63) is 23.1 Å². The molecule has 0 atom stereocenters. The lowest BCUT2D eigenvalue weighted by atomic mass is 10.5. The molecule has 2 heterocycles. The topological polar surface area (TPSA) is 38.7 Å². The molecule has 0 bridgehead atoms. The molecule has 2 rings (SSSR count). The Bertz CT molecular complexity index is 505. The van der Waals surface area contributed by atoms with Crippen molar-refractivity contribution in [1.29, 1.82) is 0 Å². The molecule has 16 heavy (non-hydrogen) atoms. The van der Waals surface area contributed by atoms with E-state index in [-0.39, 0.29) is 10.0 Å². The Kier molecular flexibility index (Phi) is 4.01. The maximum Gasteiger partial charge on any atom is 0.181 e. The molecule has 0 aromatic carbocycles. The Hall–Kier alpha value is -0.370. The van der Waals surface area contributed by atoms with E-state index in [0.717, 1.165) is 16.1 Å². The van der Waals surface area contributed by atoms with Crippen LogP contribution in [0.3, 0.4) is 0 Å². The minimum atomic E-state index is -0.446. The van der Waals surface area contributed by atoms with Gasteiger partial charge in [0.25, 0.3) is 0 Å². The monoisotopic (exact) mass is 293 g/mol. The van der Waals surface area contributed by atoms with E-state index in [4.69, 9.17) is 11.6 Å². The van der Waals surface area contributed by atoms with Crippen LogP contribution in [0.2, 0.25) is 5.02 Å². The van der Waals surface area contributed by atoms with Gasteiger partial charge in [-0.25, -0.2) is 9.37 Å². The zero-order chi connectivity index (χ0) is 11.5. The van der Waals surface area contributed by atoms with Gasteiger partial charge in [0.2, 0.25) is 0 Å². The molecule has 0 aliphatic rings. The molecule has 0 radical (unpaired) electrons. The Morgan fingerprint density at radius 2 is 2.12 bits per heavy atom. The maximum absolute atomic E-state index is 13.4. The fourth-order valence-electron chi connectivity index (χ4n) is 0.881. The molecule has 3 nitrogen and oxygen atoms in total. The number of aromatic nitrogens is 3. The van der Waals surface area contributed by atoms with Crippen LogP contribution in [0.15, 0.2) is 26.0 Å². The van der Waals surface area contributed by atoms with Crippen molar-refractivity contribution in [3.8, 4) is 0 Å². The quantitative estimate of drug-likeness (QED) is 0.809. The van der Waals surface area contributed by atoms with Crippen molar-refractivity contribution in [2.24, 2.45) is 0 Å². The van der Waals surface area contributed by atoms with Crippen LogP contribution in [0, 0.1) is 5.82 Å². The molecular formula is C8H5ClFN3S3. The van der Waals surface area contributed by atoms with Gasteiger partial charge in [0.05, 0.1) is 5.02 Å². The first-order chi connectivity index (χ1) is 7.69. The Balaban J connectivity index is 2.20. The zero-order valence-electron chi connectivity index (χ0n) is 7.98. The third-order valence-electron chi connectivity index (χ3n) is 1.52. The summed E-state index contributed by atoms with van der Waals surface area (Å²) in [5.74, 6) is -0.446. The fourth-order valence-corrected chi connectivity index (χ4v) is 3.34. The number of halogens is 2. The third-order valence-corrected chi connectivity index (χ3v) is 4.67. The first kappa shape index (κ1) is 12.1. The van der Waals surface area contributed by atoms with Crippen molar-refractivity contribution in [1.82, 2.24) is 15.2 Å². The van der Waals surface area contributed by atoms with Gasteiger partial charge in [0.15, 0.2) is 14.5 Å². The predicted octanol–water partition coefficient (Wildman–Crippen LogP) is 3.60. The van der Waals surface area contributed by atoms with Crippen molar-refractivity contribution in [2.75, 3.05) is 6.26 Å². The fraction of sp³-hybridized carbons (Fsp3) is 0.125. The zero-order valence-corrected chi connectivity index (χ0v) is 11.2. The minimum Gasteiger partial charge on any atom is -0.245 e. The maximum atomic E-state index is 13.4. The molecule has 2 aromatic heterocycles. The summed E-state index contributed by atoms with van der Waals surface area (Å²) in [7, 11) is 0. The molecule has 0 aliphatic carbocycles. The lowest BCUT2D eigenvalue weighted by Gasteiger charge is -1.98.